The summed E-state index contributed by atoms with van der Waals surface area (Å²) in [5.41, 5.74) is 13.0. The number of nitrogens with two attached hydrogens (primary N) is 2. The van der Waals surface area contributed by atoms with E-state index in [-0.39, 0.29) is 24.9 Å². The summed E-state index contributed by atoms with van der Waals surface area (Å²) in [5.74, 6) is -1.66. The minimum absolute atomic E-state index is 0.120. The molecule has 0 amide bonds. The van der Waals surface area contributed by atoms with Crippen molar-refractivity contribution in [2.75, 3.05) is 20.2 Å². The molecule has 0 aromatic heterocycles. The average Bonchev–Trinajstić information content (AvgIpc) is 2.85. The molecule has 1 spiro atoms. The third-order valence-corrected chi connectivity index (χ3v) is 4.08. The van der Waals surface area contributed by atoms with E-state index in [1.54, 1.807) is 11.9 Å². The van der Waals surface area contributed by atoms with Gasteiger partial charge in [-0.05, 0) is 0 Å². The predicted molar refractivity (Wildman–Crippen MR) is 70.2 cm³/mol. The van der Waals surface area contributed by atoms with E-state index >= 15 is 0 Å². The maximum Gasteiger partial charge on any atom is 0.210 e. The number of aliphatic hydroxyl groups is 2. The lowest BCUT2D eigenvalue weighted by Crippen LogP contribution is -2.76. The Morgan fingerprint density at radius 2 is 2.25 bits per heavy atom. The summed E-state index contributed by atoms with van der Waals surface area (Å²) in [6.45, 7) is 0.542. The van der Waals surface area contributed by atoms with E-state index in [1.165, 1.54) is 0 Å². The number of hydroxylamine groups is 1. The van der Waals surface area contributed by atoms with Gasteiger partial charge in [-0.15, -0.1) is 0 Å². The summed E-state index contributed by atoms with van der Waals surface area (Å²) >= 11 is 0. The SMILES string of the molecule is CNOC[C@@H]1N=C(N)N2CCC(O)(O)[C@@]23NC(N)=N[C@@H]13. The quantitative estimate of drug-likeness (QED) is 0.228. The highest BCUT2D eigenvalue weighted by Gasteiger charge is 2.69. The summed E-state index contributed by atoms with van der Waals surface area (Å²) < 4.78 is 0. The van der Waals surface area contributed by atoms with E-state index in [0.29, 0.717) is 6.54 Å². The first-order chi connectivity index (χ1) is 9.42. The molecule has 1 saturated heterocycles. The smallest absolute Gasteiger partial charge is 0.210 e. The molecule has 0 aromatic carbocycles. The van der Waals surface area contributed by atoms with Crippen molar-refractivity contribution in [3.8, 4) is 0 Å². The second-order valence-electron chi connectivity index (χ2n) is 5.14. The summed E-state index contributed by atoms with van der Waals surface area (Å²) in [6.07, 6.45) is 0.120. The van der Waals surface area contributed by atoms with Gasteiger partial charge in [0.05, 0.1) is 6.61 Å². The number of aliphatic imine (C=N–C) groups is 2. The lowest BCUT2D eigenvalue weighted by molar-refractivity contribution is -0.222. The van der Waals surface area contributed by atoms with Gasteiger partial charge in [-0.1, -0.05) is 0 Å². The van der Waals surface area contributed by atoms with Crippen molar-refractivity contribution in [2.45, 2.75) is 30.0 Å². The molecule has 3 rings (SSSR count). The van der Waals surface area contributed by atoms with Crippen LogP contribution in [0.15, 0.2) is 9.98 Å². The minimum Gasteiger partial charge on any atom is -0.370 e. The van der Waals surface area contributed by atoms with Crippen molar-refractivity contribution in [2.24, 2.45) is 21.5 Å². The van der Waals surface area contributed by atoms with Gasteiger partial charge in [-0.2, -0.15) is 0 Å². The molecule has 0 unspecified atom stereocenters. The molecule has 8 N–H and O–H groups in total. The minimum atomic E-state index is -2.01. The van der Waals surface area contributed by atoms with E-state index in [1.807, 2.05) is 0 Å². The van der Waals surface area contributed by atoms with Gasteiger partial charge in [-0.3, -0.25) is 4.84 Å². The Balaban J connectivity index is 2.03. The summed E-state index contributed by atoms with van der Waals surface area (Å²) in [6, 6.07) is -1.07. The summed E-state index contributed by atoms with van der Waals surface area (Å²) in [7, 11) is 1.63. The van der Waals surface area contributed by atoms with Crippen LogP contribution >= 0.6 is 0 Å². The highest BCUT2D eigenvalue weighted by molar-refractivity contribution is 5.87. The second-order valence-corrected chi connectivity index (χ2v) is 5.14. The molecular formula is C10H19N7O3. The first kappa shape index (κ1) is 13.4. The zero-order chi connectivity index (χ0) is 14.5. The molecule has 3 atom stereocenters. The van der Waals surface area contributed by atoms with Crippen LogP contribution in [-0.2, 0) is 4.84 Å². The fourth-order valence-electron chi connectivity index (χ4n) is 3.23. The molecule has 0 saturated carbocycles. The first-order valence-corrected chi connectivity index (χ1v) is 6.38. The van der Waals surface area contributed by atoms with Gasteiger partial charge in [0.25, 0.3) is 0 Å². The van der Waals surface area contributed by atoms with Gasteiger partial charge in [-0.25, -0.2) is 15.5 Å². The normalized spacial score (nSPS) is 37.9. The van der Waals surface area contributed by atoms with Crippen LogP contribution in [0.1, 0.15) is 6.42 Å². The Morgan fingerprint density at radius 3 is 2.95 bits per heavy atom. The number of rotatable bonds is 3. The van der Waals surface area contributed by atoms with Gasteiger partial charge in [0, 0.05) is 20.0 Å². The third kappa shape index (κ3) is 1.53. The summed E-state index contributed by atoms with van der Waals surface area (Å²) in [4.78, 5) is 15.3. The molecule has 0 aromatic rings. The largest absolute Gasteiger partial charge is 0.370 e. The van der Waals surface area contributed by atoms with Crippen molar-refractivity contribution in [1.29, 1.82) is 0 Å². The fourth-order valence-corrected chi connectivity index (χ4v) is 3.23. The van der Waals surface area contributed by atoms with Crippen LogP contribution in [0, 0.1) is 0 Å². The van der Waals surface area contributed by atoms with Crippen LogP contribution in [0.25, 0.3) is 0 Å². The third-order valence-electron chi connectivity index (χ3n) is 4.08. The Bertz CT molecular complexity index is 479. The van der Waals surface area contributed by atoms with Gasteiger partial charge in [0.1, 0.15) is 12.1 Å². The van der Waals surface area contributed by atoms with Crippen LogP contribution in [0.4, 0.5) is 0 Å². The Hall–Kier alpha value is -1.62. The van der Waals surface area contributed by atoms with Gasteiger partial charge >= 0.3 is 0 Å². The van der Waals surface area contributed by atoms with Crippen molar-refractivity contribution in [1.82, 2.24) is 15.7 Å². The topological polar surface area (TPSA) is 154 Å². The Morgan fingerprint density at radius 1 is 1.50 bits per heavy atom. The van der Waals surface area contributed by atoms with E-state index < -0.39 is 23.5 Å². The highest BCUT2D eigenvalue weighted by Crippen LogP contribution is 2.44. The van der Waals surface area contributed by atoms with Crippen molar-refractivity contribution >= 4 is 11.9 Å². The highest BCUT2D eigenvalue weighted by atomic mass is 16.6. The van der Waals surface area contributed by atoms with Crippen molar-refractivity contribution in [3.05, 3.63) is 0 Å². The average molecular weight is 285 g/mol. The molecule has 0 radical (unpaired) electrons. The molecular weight excluding hydrogens is 266 g/mol. The van der Waals surface area contributed by atoms with E-state index in [9.17, 15) is 10.2 Å². The van der Waals surface area contributed by atoms with Crippen molar-refractivity contribution in [3.63, 3.8) is 0 Å². The molecule has 3 aliphatic heterocycles. The zero-order valence-electron chi connectivity index (χ0n) is 11.1. The number of guanidine groups is 2. The molecule has 0 aliphatic carbocycles. The molecule has 3 heterocycles. The molecule has 0 bridgehead atoms. The van der Waals surface area contributed by atoms with Crippen LogP contribution in [0.3, 0.4) is 0 Å². The summed E-state index contributed by atoms with van der Waals surface area (Å²) in [5, 5.41) is 23.6. The lowest BCUT2D eigenvalue weighted by atomic mass is 9.87. The number of nitrogens with one attached hydrogen (secondary N) is 2. The van der Waals surface area contributed by atoms with Crippen LogP contribution in [0.5, 0.6) is 0 Å². The predicted octanol–water partition coefficient (Wildman–Crippen LogP) is -3.80. The molecule has 1 fully saturated rings. The van der Waals surface area contributed by atoms with Crippen LogP contribution < -0.4 is 22.3 Å². The first-order valence-electron chi connectivity index (χ1n) is 6.38. The van der Waals surface area contributed by atoms with Crippen LogP contribution in [0.2, 0.25) is 0 Å². The number of hydrogen-bond donors (Lipinski definition) is 6. The Labute approximate surface area is 115 Å². The number of nitrogens with zero attached hydrogens (tertiary/aromatic N) is 3. The Kier molecular flexibility index (Phi) is 2.80. The van der Waals surface area contributed by atoms with Crippen LogP contribution in [-0.4, -0.2) is 70.8 Å². The van der Waals surface area contributed by atoms with Crippen molar-refractivity contribution < 1.29 is 15.1 Å². The van der Waals surface area contributed by atoms with E-state index in [4.69, 9.17) is 16.3 Å². The number of hydrogen-bond acceptors (Lipinski definition) is 10. The van der Waals surface area contributed by atoms with E-state index in [0.717, 1.165) is 0 Å². The standard InChI is InChI=1S/C10H19N7O3/c1-13-20-4-5-6-10(16-7(11)15-6)9(18,19)2-3-17(10)8(12)14-5/h5-6,13,18-19H,2-4H2,1H3,(H2,12,14)(H3,11,15,16)/t5-,6-,10-/m0/s1. The molecule has 3 aliphatic rings. The monoisotopic (exact) mass is 285 g/mol. The lowest BCUT2D eigenvalue weighted by Gasteiger charge is -2.48. The van der Waals surface area contributed by atoms with E-state index in [2.05, 4.69) is 20.8 Å². The van der Waals surface area contributed by atoms with Gasteiger partial charge in [0.2, 0.25) is 5.79 Å². The molecule has 10 nitrogen and oxygen atoms in total. The van der Waals surface area contributed by atoms with Gasteiger partial charge < -0.3 is 31.9 Å². The molecule has 112 valence electrons. The van der Waals surface area contributed by atoms with Gasteiger partial charge in [0.15, 0.2) is 17.6 Å². The zero-order valence-corrected chi connectivity index (χ0v) is 11.1. The second kappa shape index (κ2) is 4.19. The molecule has 20 heavy (non-hydrogen) atoms. The molecule has 10 heteroatoms. The fraction of sp³-hybridized carbons (Fsp3) is 0.800. The maximum absolute atomic E-state index is 10.4. The maximum atomic E-state index is 10.4.